The molecule has 30 heavy (non-hydrogen) atoms. The van der Waals surface area contributed by atoms with Gasteiger partial charge in [-0.05, 0) is 25.8 Å². The van der Waals surface area contributed by atoms with E-state index in [-0.39, 0.29) is 18.2 Å². The van der Waals surface area contributed by atoms with E-state index in [2.05, 4.69) is 33.0 Å². The molecule has 164 valence electrons. The molecule has 7 nitrogen and oxygen atoms in total. The quantitative estimate of drug-likeness (QED) is 0.821. The highest BCUT2D eigenvalue weighted by molar-refractivity contribution is 5.78. The van der Waals surface area contributed by atoms with E-state index < -0.39 is 0 Å². The lowest BCUT2D eigenvalue weighted by molar-refractivity contribution is 0.0750. The highest BCUT2D eigenvalue weighted by atomic mass is 16.6. The Bertz CT molecular complexity index is 761. The minimum atomic E-state index is 0.0163. The molecule has 0 aromatic heterocycles. The summed E-state index contributed by atoms with van der Waals surface area (Å²) in [7, 11) is 0. The Morgan fingerprint density at radius 1 is 1.07 bits per heavy atom. The van der Waals surface area contributed by atoms with Gasteiger partial charge in [0.15, 0.2) is 11.5 Å². The fourth-order valence-corrected chi connectivity index (χ4v) is 5.58. The number of carbonyl (C=O) groups is 1. The van der Waals surface area contributed by atoms with E-state index in [0.29, 0.717) is 25.8 Å². The summed E-state index contributed by atoms with van der Waals surface area (Å²) in [6.07, 6.45) is 6.01. The summed E-state index contributed by atoms with van der Waals surface area (Å²) in [5, 5.41) is 3.41. The van der Waals surface area contributed by atoms with E-state index in [1.54, 1.807) is 0 Å². The van der Waals surface area contributed by atoms with Crippen molar-refractivity contribution in [3.63, 3.8) is 0 Å². The molecule has 0 radical (unpaired) electrons. The normalized spacial score (nSPS) is 26.8. The maximum absolute atomic E-state index is 13.8. The molecule has 2 amide bonds. The molecular weight excluding hydrogens is 380 g/mol. The molecule has 2 unspecified atom stereocenters. The number of ether oxygens (including phenoxy) is 2. The Morgan fingerprint density at radius 2 is 1.83 bits per heavy atom. The predicted molar refractivity (Wildman–Crippen MR) is 115 cm³/mol. The molecule has 3 fully saturated rings. The first-order chi connectivity index (χ1) is 14.7. The van der Waals surface area contributed by atoms with Crippen LogP contribution in [0.1, 0.15) is 50.6 Å². The lowest BCUT2D eigenvalue weighted by Crippen LogP contribution is -2.55. The molecule has 5 rings (SSSR count). The minimum Gasteiger partial charge on any atom is -0.486 e. The van der Waals surface area contributed by atoms with Crippen LogP contribution in [0.4, 0.5) is 4.79 Å². The first kappa shape index (κ1) is 19.9. The number of fused-ring (bicyclic) bond motifs is 1. The van der Waals surface area contributed by atoms with Gasteiger partial charge in [0.25, 0.3) is 0 Å². The van der Waals surface area contributed by atoms with Crippen molar-refractivity contribution in [1.29, 1.82) is 0 Å². The largest absolute Gasteiger partial charge is 0.486 e. The van der Waals surface area contributed by atoms with Crippen molar-refractivity contribution >= 4 is 6.03 Å². The summed E-state index contributed by atoms with van der Waals surface area (Å²) in [5.41, 5.74) is 1.10. The van der Waals surface area contributed by atoms with Gasteiger partial charge in [-0.25, -0.2) is 4.79 Å². The lowest BCUT2D eigenvalue weighted by Gasteiger charge is -2.38. The monoisotopic (exact) mass is 414 g/mol. The number of carbonyl (C=O) groups excluding carboxylic acids is 1. The number of nitrogens with zero attached hydrogens (tertiary/aromatic N) is 3. The molecule has 2 atom stereocenters. The first-order valence-electron chi connectivity index (χ1n) is 11.7. The molecule has 4 aliphatic rings. The number of amides is 2. The Balaban J connectivity index is 1.47. The molecule has 1 aliphatic carbocycles. The third-order valence-electron chi connectivity index (χ3n) is 7.23. The van der Waals surface area contributed by atoms with Crippen LogP contribution in [0, 0.1) is 0 Å². The Morgan fingerprint density at radius 3 is 2.63 bits per heavy atom. The lowest BCUT2D eigenvalue weighted by atomic mass is 9.92. The van der Waals surface area contributed by atoms with Crippen LogP contribution in [0.3, 0.4) is 0 Å². The van der Waals surface area contributed by atoms with Crippen molar-refractivity contribution in [2.45, 2.75) is 57.3 Å². The Hall–Kier alpha value is -1.99. The zero-order valence-electron chi connectivity index (χ0n) is 18.0. The van der Waals surface area contributed by atoms with Gasteiger partial charge in [0.1, 0.15) is 13.2 Å². The number of nitrogens with one attached hydrogen (secondary N) is 1. The van der Waals surface area contributed by atoms with Gasteiger partial charge in [-0.1, -0.05) is 31.4 Å². The van der Waals surface area contributed by atoms with Crippen LogP contribution >= 0.6 is 0 Å². The third kappa shape index (κ3) is 3.62. The summed E-state index contributed by atoms with van der Waals surface area (Å²) < 4.78 is 11.9. The number of urea groups is 1. The SMILES string of the molecule is CC(N1CCNCC1)N1CC(c2cccc3c2OCCO3)N(C2CCCCC2)C1=O. The summed E-state index contributed by atoms with van der Waals surface area (Å²) in [4.78, 5) is 20.5. The van der Waals surface area contributed by atoms with Crippen LogP contribution in [0.2, 0.25) is 0 Å². The maximum atomic E-state index is 13.8. The highest BCUT2D eigenvalue weighted by Crippen LogP contribution is 2.44. The van der Waals surface area contributed by atoms with E-state index >= 15 is 0 Å². The van der Waals surface area contributed by atoms with Crippen molar-refractivity contribution in [3.05, 3.63) is 23.8 Å². The maximum Gasteiger partial charge on any atom is 0.322 e. The standard InChI is InChI=1S/C23H34N4O3/c1-17(25-12-10-24-11-13-25)26-16-20(27(23(26)28)18-6-3-2-4-7-18)19-8-5-9-21-22(19)30-15-14-29-21/h5,8-9,17-18,20,24H,2-4,6-7,10-16H2,1H3. The average molecular weight is 415 g/mol. The number of rotatable bonds is 4. The number of hydrogen-bond acceptors (Lipinski definition) is 5. The van der Waals surface area contributed by atoms with Crippen molar-refractivity contribution in [3.8, 4) is 11.5 Å². The van der Waals surface area contributed by atoms with Crippen molar-refractivity contribution in [2.24, 2.45) is 0 Å². The molecule has 0 bridgehead atoms. The molecule has 0 spiro atoms. The predicted octanol–water partition coefficient (Wildman–Crippen LogP) is 2.82. The summed E-state index contributed by atoms with van der Waals surface area (Å²) >= 11 is 0. The number of piperazine rings is 1. The van der Waals surface area contributed by atoms with Crippen LogP contribution in [0.15, 0.2) is 18.2 Å². The van der Waals surface area contributed by atoms with Gasteiger partial charge in [0.2, 0.25) is 0 Å². The Kier molecular flexibility index (Phi) is 5.74. The molecular formula is C23H34N4O3. The molecule has 3 aliphatic heterocycles. The van der Waals surface area contributed by atoms with Crippen LogP contribution in [0.5, 0.6) is 11.5 Å². The smallest absolute Gasteiger partial charge is 0.322 e. The average Bonchev–Trinajstić information content (AvgIpc) is 3.16. The van der Waals surface area contributed by atoms with Crippen molar-refractivity contribution in [1.82, 2.24) is 20.0 Å². The van der Waals surface area contributed by atoms with Crippen LogP contribution in [-0.2, 0) is 0 Å². The molecule has 7 heteroatoms. The number of benzene rings is 1. The van der Waals surface area contributed by atoms with E-state index in [9.17, 15) is 4.79 Å². The Labute approximate surface area is 179 Å². The highest BCUT2D eigenvalue weighted by Gasteiger charge is 2.46. The van der Waals surface area contributed by atoms with Gasteiger partial charge >= 0.3 is 6.03 Å². The molecule has 1 aromatic rings. The minimum absolute atomic E-state index is 0.0163. The molecule has 3 heterocycles. The molecule has 1 aromatic carbocycles. The van der Waals surface area contributed by atoms with E-state index in [0.717, 1.165) is 56.1 Å². The van der Waals surface area contributed by atoms with E-state index in [1.165, 1.54) is 19.3 Å². The topological polar surface area (TPSA) is 57.3 Å². The molecule has 1 N–H and O–H groups in total. The van der Waals surface area contributed by atoms with Crippen molar-refractivity contribution in [2.75, 3.05) is 45.9 Å². The summed E-state index contributed by atoms with van der Waals surface area (Å²) in [6.45, 7) is 7.98. The van der Waals surface area contributed by atoms with Gasteiger partial charge in [-0.15, -0.1) is 0 Å². The molecule has 2 saturated heterocycles. The summed E-state index contributed by atoms with van der Waals surface area (Å²) in [6, 6.07) is 6.65. The van der Waals surface area contributed by atoms with Crippen LogP contribution in [0.25, 0.3) is 0 Å². The number of para-hydroxylation sites is 1. The van der Waals surface area contributed by atoms with Crippen molar-refractivity contribution < 1.29 is 14.3 Å². The van der Waals surface area contributed by atoms with Gasteiger partial charge < -0.3 is 24.6 Å². The third-order valence-corrected chi connectivity index (χ3v) is 7.23. The van der Waals surface area contributed by atoms with Gasteiger partial charge in [-0.2, -0.15) is 0 Å². The van der Waals surface area contributed by atoms with Gasteiger partial charge in [-0.3, -0.25) is 4.90 Å². The van der Waals surface area contributed by atoms with E-state index in [1.807, 2.05) is 12.1 Å². The zero-order valence-corrected chi connectivity index (χ0v) is 18.0. The zero-order chi connectivity index (χ0) is 20.5. The van der Waals surface area contributed by atoms with E-state index in [4.69, 9.17) is 9.47 Å². The second kappa shape index (κ2) is 8.63. The molecule has 1 saturated carbocycles. The summed E-state index contributed by atoms with van der Waals surface area (Å²) in [5.74, 6) is 1.64. The fraction of sp³-hybridized carbons (Fsp3) is 0.696. The fourth-order valence-electron chi connectivity index (χ4n) is 5.58. The second-order valence-electron chi connectivity index (χ2n) is 8.94. The number of hydrogen-bond donors (Lipinski definition) is 1. The van der Waals surface area contributed by atoms with Crippen LogP contribution < -0.4 is 14.8 Å². The van der Waals surface area contributed by atoms with Crippen LogP contribution in [-0.4, -0.2) is 78.9 Å². The van der Waals surface area contributed by atoms with Gasteiger partial charge in [0, 0.05) is 44.3 Å². The first-order valence-corrected chi connectivity index (χ1v) is 11.7. The van der Waals surface area contributed by atoms with Gasteiger partial charge in [0.05, 0.1) is 12.2 Å². The second-order valence-corrected chi connectivity index (χ2v) is 8.94.